The topological polar surface area (TPSA) is 32.8 Å². The zero-order chi connectivity index (χ0) is 20.5. The van der Waals surface area contributed by atoms with Crippen LogP contribution in [0.25, 0.3) is 0 Å². The Balaban J connectivity index is 1.09. The number of hydrogen-bond donors (Lipinski definition) is 0. The van der Waals surface area contributed by atoms with Gasteiger partial charge in [-0.3, -0.25) is 9.69 Å². The van der Waals surface area contributed by atoms with E-state index >= 15 is 0 Å². The molecular weight excluding hydrogens is 372 g/mol. The number of methoxy groups -OCH3 is 1. The maximum atomic E-state index is 12.5. The number of fused-ring (bicyclic) bond motifs is 4. The molecule has 0 spiro atoms. The van der Waals surface area contributed by atoms with E-state index in [0.29, 0.717) is 12.0 Å². The fourth-order valence-corrected chi connectivity index (χ4v) is 5.91. The van der Waals surface area contributed by atoms with Gasteiger partial charge in [0.05, 0.1) is 7.11 Å². The van der Waals surface area contributed by atoms with Crippen molar-refractivity contribution in [3.63, 3.8) is 0 Å². The van der Waals surface area contributed by atoms with Crippen molar-refractivity contribution in [3.05, 3.63) is 64.7 Å². The van der Waals surface area contributed by atoms with Crippen molar-refractivity contribution in [3.8, 4) is 5.75 Å². The van der Waals surface area contributed by atoms with Gasteiger partial charge in [-0.15, -0.1) is 0 Å². The Morgan fingerprint density at radius 2 is 1.87 bits per heavy atom. The van der Waals surface area contributed by atoms with Gasteiger partial charge in [0.2, 0.25) is 0 Å². The fraction of sp³-hybridized carbons (Fsp3) is 0.500. The third-order valence-corrected chi connectivity index (χ3v) is 7.41. The van der Waals surface area contributed by atoms with Crippen LogP contribution in [0, 0.1) is 0 Å². The van der Waals surface area contributed by atoms with Crippen LogP contribution in [0.1, 0.15) is 65.1 Å². The Morgan fingerprint density at radius 1 is 1.00 bits per heavy atom. The van der Waals surface area contributed by atoms with Gasteiger partial charge in [-0.05, 0) is 74.0 Å². The molecule has 0 radical (unpaired) electrons. The average Bonchev–Trinajstić information content (AvgIpc) is 3.34. The van der Waals surface area contributed by atoms with Crippen LogP contribution in [-0.4, -0.2) is 48.5 Å². The molecule has 2 aliphatic heterocycles. The molecule has 3 aliphatic rings. The third kappa shape index (κ3) is 3.51. The molecule has 2 atom stereocenters. The standard InChI is InChI=1S/C26H32N2O2/c1-30-25-11-7-10-21-22-14-17-27(24(22)13-12-23(21)25)15-5-2-6-16-28-18-19-8-3-4-9-20(19)26(28)29/h3-4,7-11,22,24H,2,5-6,12-18H2,1H3. The molecule has 0 saturated carbocycles. The number of amides is 1. The summed E-state index contributed by atoms with van der Waals surface area (Å²) in [7, 11) is 1.79. The second-order valence-corrected chi connectivity index (χ2v) is 9.01. The highest BCUT2D eigenvalue weighted by Crippen LogP contribution is 2.44. The van der Waals surface area contributed by atoms with Crippen molar-refractivity contribution in [2.24, 2.45) is 0 Å². The number of hydrogen-bond acceptors (Lipinski definition) is 3. The fourth-order valence-electron chi connectivity index (χ4n) is 5.91. The van der Waals surface area contributed by atoms with Gasteiger partial charge in [-0.2, -0.15) is 0 Å². The summed E-state index contributed by atoms with van der Waals surface area (Å²) < 4.78 is 5.61. The van der Waals surface area contributed by atoms with Gasteiger partial charge in [0.1, 0.15) is 5.75 Å². The van der Waals surface area contributed by atoms with Crippen LogP contribution in [0.2, 0.25) is 0 Å². The molecule has 4 heteroatoms. The third-order valence-electron chi connectivity index (χ3n) is 7.41. The zero-order valence-electron chi connectivity index (χ0n) is 18.0. The van der Waals surface area contributed by atoms with E-state index in [4.69, 9.17) is 4.74 Å². The van der Waals surface area contributed by atoms with Crippen molar-refractivity contribution < 1.29 is 9.53 Å². The van der Waals surface area contributed by atoms with Gasteiger partial charge in [0, 0.05) is 30.6 Å². The Hall–Kier alpha value is -2.33. The average molecular weight is 405 g/mol. The lowest BCUT2D eigenvalue weighted by molar-refractivity contribution is 0.0775. The predicted octanol–water partition coefficient (Wildman–Crippen LogP) is 4.63. The van der Waals surface area contributed by atoms with Crippen LogP contribution in [0.15, 0.2) is 42.5 Å². The van der Waals surface area contributed by atoms with Crippen LogP contribution in [0.5, 0.6) is 5.75 Å². The van der Waals surface area contributed by atoms with Gasteiger partial charge in [-0.25, -0.2) is 0 Å². The minimum absolute atomic E-state index is 0.212. The molecule has 5 rings (SSSR count). The molecule has 0 N–H and O–H groups in total. The number of likely N-dealkylation sites (tertiary alicyclic amines) is 1. The molecule has 1 saturated heterocycles. The van der Waals surface area contributed by atoms with Gasteiger partial charge in [0.25, 0.3) is 5.91 Å². The van der Waals surface area contributed by atoms with Crippen molar-refractivity contribution in [2.45, 2.75) is 57.0 Å². The highest BCUT2D eigenvalue weighted by Gasteiger charge is 2.39. The minimum Gasteiger partial charge on any atom is -0.496 e. The van der Waals surface area contributed by atoms with E-state index < -0.39 is 0 Å². The summed E-state index contributed by atoms with van der Waals surface area (Å²) in [4.78, 5) is 17.2. The molecule has 30 heavy (non-hydrogen) atoms. The molecule has 0 aromatic heterocycles. The first kappa shape index (κ1) is 19.6. The molecular formula is C26H32N2O2. The Kier molecular flexibility index (Phi) is 5.51. The van der Waals surface area contributed by atoms with E-state index in [-0.39, 0.29) is 5.91 Å². The summed E-state index contributed by atoms with van der Waals surface area (Å²) in [5.41, 5.74) is 5.05. The SMILES string of the molecule is COc1cccc2c1CCC1C2CCN1CCCCCN1Cc2ccccc2C1=O. The molecule has 2 aromatic rings. The number of benzene rings is 2. The van der Waals surface area contributed by atoms with E-state index in [1.165, 1.54) is 55.5 Å². The van der Waals surface area contributed by atoms with E-state index in [1.54, 1.807) is 7.11 Å². The normalized spacial score (nSPS) is 22.7. The van der Waals surface area contributed by atoms with Crippen LogP contribution in [0.4, 0.5) is 0 Å². The second-order valence-electron chi connectivity index (χ2n) is 9.01. The maximum absolute atomic E-state index is 12.5. The summed E-state index contributed by atoms with van der Waals surface area (Å²) in [6.07, 6.45) is 7.17. The van der Waals surface area contributed by atoms with E-state index in [2.05, 4.69) is 29.2 Å². The smallest absolute Gasteiger partial charge is 0.254 e. The first-order valence-corrected chi connectivity index (χ1v) is 11.5. The summed E-state index contributed by atoms with van der Waals surface area (Å²) in [6.45, 7) is 4.07. The number of ether oxygens (including phenoxy) is 1. The Labute approximate surface area is 179 Å². The summed E-state index contributed by atoms with van der Waals surface area (Å²) >= 11 is 0. The molecule has 158 valence electrons. The Bertz CT molecular complexity index is 925. The molecule has 4 nitrogen and oxygen atoms in total. The lowest BCUT2D eigenvalue weighted by atomic mass is 9.79. The number of carbonyl (C=O) groups excluding carboxylic acids is 1. The monoisotopic (exact) mass is 404 g/mol. The number of rotatable bonds is 7. The Morgan fingerprint density at radius 3 is 2.73 bits per heavy atom. The summed E-state index contributed by atoms with van der Waals surface area (Å²) in [5, 5.41) is 0. The number of carbonyl (C=O) groups is 1. The first-order valence-electron chi connectivity index (χ1n) is 11.5. The van der Waals surface area contributed by atoms with Crippen molar-refractivity contribution in [2.75, 3.05) is 26.7 Å². The molecule has 1 fully saturated rings. The summed E-state index contributed by atoms with van der Waals surface area (Å²) in [5.74, 6) is 1.96. The van der Waals surface area contributed by atoms with Crippen molar-refractivity contribution >= 4 is 5.91 Å². The van der Waals surface area contributed by atoms with Crippen LogP contribution in [-0.2, 0) is 13.0 Å². The van der Waals surface area contributed by atoms with Crippen LogP contribution in [0.3, 0.4) is 0 Å². The summed E-state index contributed by atoms with van der Waals surface area (Å²) in [6, 6.07) is 15.3. The first-order chi connectivity index (χ1) is 14.8. The molecule has 0 bridgehead atoms. The van der Waals surface area contributed by atoms with Gasteiger partial charge >= 0.3 is 0 Å². The highest BCUT2D eigenvalue weighted by molar-refractivity contribution is 5.98. The molecule has 1 amide bonds. The second kappa shape index (κ2) is 8.43. The van der Waals surface area contributed by atoms with Crippen LogP contribution >= 0.6 is 0 Å². The van der Waals surface area contributed by atoms with Gasteiger partial charge < -0.3 is 9.64 Å². The van der Waals surface area contributed by atoms with Gasteiger partial charge in [-0.1, -0.05) is 36.8 Å². The lowest BCUT2D eigenvalue weighted by Crippen LogP contribution is -2.35. The van der Waals surface area contributed by atoms with Crippen molar-refractivity contribution in [1.82, 2.24) is 9.80 Å². The lowest BCUT2D eigenvalue weighted by Gasteiger charge is -2.34. The van der Waals surface area contributed by atoms with Crippen LogP contribution < -0.4 is 4.74 Å². The maximum Gasteiger partial charge on any atom is 0.254 e. The number of nitrogens with zero attached hydrogens (tertiary/aromatic N) is 2. The van der Waals surface area contributed by atoms with Gasteiger partial charge in [0.15, 0.2) is 0 Å². The molecule has 1 aliphatic carbocycles. The zero-order valence-corrected chi connectivity index (χ0v) is 18.0. The number of unbranched alkanes of at least 4 members (excludes halogenated alkanes) is 2. The largest absolute Gasteiger partial charge is 0.496 e. The van der Waals surface area contributed by atoms with Crippen molar-refractivity contribution in [1.29, 1.82) is 0 Å². The van der Waals surface area contributed by atoms with E-state index in [9.17, 15) is 4.79 Å². The molecule has 2 heterocycles. The molecule has 2 unspecified atom stereocenters. The highest BCUT2D eigenvalue weighted by atomic mass is 16.5. The minimum atomic E-state index is 0.212. The molecule has 2 aromatic carbocycles. The van der Waals surface area contributed by atoms with E-state index in [1.807, 2.05) is 23.1 Å². The predicted molar refractivity (Wildman–Crippen MR) is 119 cm³/mol. The van der Waals surface area contributed by atoms with E-state index in [0.717, 1.165) is 37.2 Å². The quantitative estimate of drug-likeness (QED) is 0.631.